The van der Waals surface area contributed by atoms with Gasteiger partial charge in [0.1, 0.15) is 0 Å². The van der Waals surface area contributed by atoms with E-state index in [1.807, 2.05) is 0 Å². The zero-order chi connectivity index (χ0) is 13.7. The molecular weight excluding hydrogens is 236 g/mol. The van der Waals surface area contributed by atoms with Crippen molar-refractivity contribution in [1.82, 2.24) is 0 Å². The van der Waals surface area contributed by atoms with Gasteiger partial charge >= 0.3 is 0 Å². The molecule has 2 heteroatoms. The largest absolute Gasteiger partial charge is 0.392 e. The number of hydrogen-bond acceptors (Lipinski definition) is 2. The molecule has 0 unspecified atom stereocenters. The summed E-state index contributed by atoms with van der Waals surface area (Å²) < 4.78 is 5.83. The third-order valence-electron chi connectivity index (χ3n) is 5.19. The summed E-state index contributed by atoms with van der Waals surface area (Å²) in [5, 5.41) is 8.92. The van der Waals surface area contributed by atoms with Gasteiger partial charge < -0.3 is 9.84 Å². The molecule has 0 aromatic rings. The van der Waals surface area contributed by atoms with Crippen molar-refractivity contribution in [3.63, 3.8) is 0 Å². The van der Waals surface area contributed by atoms with Crippen LogP contribution in [0.5, 0.6) is 0 Å². The Balaban J connectivity index is 1.66. The third kappa shape index (κ3) is 4.61. The van der Waals surface area contributed by atoms with Crippen LogP contribution in [0.4, 0.5) is 0 Å². The molecule has 2 nitrogen and oxygen atoms in total. The fourth-order valence-corrected chi connectivity index (χ4v) is 3.77. The van der Waals surface area contributed by atoms with Crippen LogP contribution >= 0.6 is 0 Å². The Labute approximate surface area is 118 Å². The first kappa shape index (κ1) is 15.1. The highest BCUT2D eigenvalue weighted by atomic mass is 16.5. The SMILES string of the molecule is C=C(CO)COC1CCC(C2CCC(C)CC2)CC1. The lowest BCUT2D eigenvalue weighted by molar-refractivity contribution is 0.0162. The normalized spacial score (nSPS) is 36.1. The summed E-state index contributed by atoms with van der Waals surface area (Å²) in [4.78, 5) is 0. The summed E-state index contributed by atoms with van der Waals surface area (Å²) in [7, 11) is 0. The Bertz CT molecular complexity index is 271. The molecule has 2 rings (SSSR count). The molecule has 0 amide bonds. The second-order valence-electron chi connectivity index (χ2n) is 6.78. The first-order valence-corrected chi connectivity index (χ1v) is 8.08. The second-order valence-corrected chi connectivity index (χ2v) is 6.78. The Morgan fingerprint density at radius 3 is 2.05 bits per heavy atom. The van der Waals surface area contributed by atoms with E-state index in [0.717, 1.165) is 23.3 Å². The minimum Gasteiger partial charge on any atom is -0.392 e. The van der Waals surface area contributed by atoms with Crippen molar-refractivity contribution in [2.24, 2.45) is 17.8 Å². The van der Waals surface area contributed by atoms with Crippen molar-refractivity contribution in [1.29, 1.82) is 0 Å². The molecule has 0 bridgehead atoms. The average molecular weight is 266 g/mol. The maximum Gasteiger partial charge on any atom is 0.0699 e. The van der Waals surface area contributed by atoms with E-state index in [2.05, 4.69) is 13.5 Å². The molecular formula is C17H30O2. The zero-order valence-corrected chi connectivity index (χ0v) is 12.4. The molecule has 0 atom stereocenters. The van der Waals surface area contributed by atoms with E-state index in [0.29, 0.717) is 12.7 Å². The highest BCUT2D eigenvalue weighted by molar-refractivity contribution is 4.94. The molecule has 0 spiro atoms. The first-order chi connectivity index (χ1) is 9.19. The highest BCUT2D eigenvalue weighted by Crippen LogP contribution is 2.40. The smallest absolute Gasteiger partial charge is 0.0699 e. The summed E-state index contributed by atoms with van der Waals surface area (Å²) in [5.74, 6) is 2.90. The number of aliphatic hydroxyl groups excluding tert-OH is 1. The molecule has 0 heterocycles. The molecule has 2 aliphatic carbocycles. The van der Waals surface area contributed by atoms with Gasteiger partial charge in [0.15, 0.2) is 0 Å². The summed E-state index contributed by atoms with van der Waals surface area (Å²) in [6, 6.07) is 0. The summed E-state index contributed by atoms with van der Waals surface area (Å²) in [6.07, 6.45) is 11.3. The minimum absolute atomic E-state index is 0.0512. The number of hydrogen-bond donors (Lipinski definition) is 1. The molecule has 2 fully saturated rings. The third-order valence-corrected chi connectivity index (χ3v) is 5.19. The molecule has 19 heavy (non-hydrogen) atoms. The van der Waals surface area contributed by atoms with Gasteiger partial charge in [0.05, 0.1) is 19.3 Å². The van der Waals surface area contributed by atoms with Gasteiger partial charge in [0.25, 0.3) is 0 Å². The average Bonchev–Trinajstić information content (AvgIpc) is 2.46. The van der Waals surface area contributed by atoms with Crippen LogP contribution in [0.2, 0.25) is 0 Å². The number of rotatable bonds is 5. The quantitative estimate of drug-likeness (QED) is 0.764. The fourth-order valence-electron chi connectivity index (χ4n) is 3.77. The number of aliphatic hydroxyl groups is 1. The van der Waals surface area contributed by atoms with Crippen molar-refractivity contribution in [2.75, 3.05) is 13.2 Å². The first-order valence-electron chi connectivity index (χ1n) is 8.08. The maximum absolute atomic E-state index is 8.92. The van der Waals surface area contributed by atoms with Gasteiger partial charge in [-0.05, 0) is 61.9 Å². The van der Waals surface area contributed by atoms with E-state index in [1.54, 1.807) is 0 Å². The van der Waals surface area contributed by atoms with E-state index in [9.17, 15) is 0 Å². The summed E-state index contributed by atoms with van der Waals surface area (Å²) in [5.41, 5.74) is 0.795. The molecule has 2 saturated carbocycles. The lowest BCUT2D eigenvalue weighted by Crippen LogP contribution is -2.28. The topological polar surface area (TPSA) is 29.5 Å². The standard InChI is InChI=1S/C17H30O2/c1-13-3-5-15(6-4-13)16-7-9-17(10-8-16)19-12-14(2)11-18/h13,15-18H,2-12H2,1H3. The molecule has 0 aromatic heterocycles. The van der Waals surface area contributed by atoms with Crippen LogP contribution in [0.15, 0.2) is 12.2 Å². The van der Waals surface area contributed by atoms with E-state index in [4.69, 9.17) is 9.84 Å². The predicted octanol–water partition coefficient (Wildman–Crippen LogP) is 3.94. The molecule has 0 radical (unpaired) electrons. The monoisotopic (exact) mass is 266 g/mol. The van der Waals surface area contributed by atoms with E-state index < -0.39 is 0 Å². The van der Waals surface area contributed by atoms with Crippen LogP contribution in [0.1, 0.15) is 58.3 Å². The van der Waals surface area contributed by atoms with Crippen LogP contribution in [0, 0.1) is 17.8 Å². The Hall–Kier alpha value is -0.340. The van der Waals surface area contributed by atoms with E-state index in [-0.39, 0.29) is 6.61 Å². The molecule has 2 aliphatic rings. The molecule has 0 aliphatic heterocycles. The van der Waals surface area contributed by atoms with Crippen LogP contribution in [-0.4, -0.2) is 24.4 Å². The van der Waals surface area contributed by atoms with Crippen molar-refractivity contribution in [2.45, 2.75) is 64.4 Å². The van der Waals surface area contributed by atoms with Gasteiger partial charge in [-0.2, -0.15) is 0 Å². The van der Waals surface area contributed by atoms with Gasteiger partial charge in [-0.15, -0.1) is 0 Å². The highest BCUT2D eigenvalue weighted by Gasteiger charge is 2.30. The lowest BCUT2D eigenvalue weighted by atomic mass is 9.71. The van der Waals surface area contributed by atoms with Gasteiger partial charge in [0.2, 0.25) is 0 Å². The predicted molar refractivity (Wildman–Crippen MR) is 79.0 cm³/mol. The molecule has 110 valence electrons. The second kappa shape index (κ2) is 7.44. The Morgan fingerprint density at radius 1 is 1.00 bits per heavy atom. The van der Waals surface area contributed by atoms with Gasteiger partial charge in [-0.1, -0.05) is 26.3 Å². The van der Waals surface area contributed by atoms with Gasteiger partial charge in [-0.3, -0.25) is 0 Å². The zero-order valence-electron chi connectivity index (χ0n) is 12.4. The van der Waals surface area contributed by atoms with Crippen molar-refractivity contribution in [3.05, 3.63) is 12.2 Å². The van der Waals surface area contributed by atoms with Crippen LogP contribution in [0.3, 0.4) is 0 Å². The van der Waals surface area contributed by atoms with Crippen molar-refractivity contribution >= 4 is 0 Å². The number of ether oxygens (including phenoxy) is 1. The van der Waals surface area contributed by atoms with Crippen molar-refractivity contribution < 1.29 is 9.84 Å². The Kier molecular flexibility index (Phi) is 5.90. The van der Waals surface area contributed by atoms with Crippen LogP contribution in [-0.2, 0) is 4.74 Å². The van der Waals surface area contributed by atoms with Crippen LogP contribution in [0.25, 0.3) is 0 Å². The summed E-state index contributed by atoms with van der Waals surface area (Å²) in [6.45, 7) is 6.76. The van der Waals surface area contributed by atoms with Gasteiger partial charge in [0, 0.05) is 0 Å². The minimum atomic E-state index is 0.0512. The molecule has 1 N–H and O–H groups in total. The summed E-state index contributed by atoms with van der Waals surface area (Å²) >= 11 is 0. The fraction of sp³-hybridized carbons (Fsp3) is 0.882. The van der Waals surface area contributed by atoms with Crippen LogP contribution < -0.4 is 0 Å². The molecule has 0 saturated heterocycles. The lowest BCUT2D eigenvalue weighted by Gasteiger charge is -2.37. The van der Waals surface area contributed by atoms with Gasteiger partial charge in [-0.25, -0.2) is 0 Å². The maximum atomic E-state index is 8.92. The van der Waals surface area contributed by atoms with E-state index >= 15 is 0 Å². The molecule has 0 aromatic carbocycles. The van der Waals surface area contributed by atoms with E-state index in [1.165, 1.54) is 51.4 Å². The van der Waals surface area contributed by atoms with Crippen molar-refractivity contribution in [3.8, 4) is 0 Å². The Morgan fingerprint density at radius 2 is 1.53 bits per heavy atom.